The highest BCUT2D eigenvalue weighted by atomic mass is 28.3. The van der Waals surface area contributed by atoms with Crippen molar-refractivity contribution < 1.29 is 28.1 Å². The van der Waals surface area contributed by atoms with E-state index in [1.54, 1.807) is 13.3 Å². The van der Waals surface area contributed by atoms with Crippen LogP contribution in [-0.4, -0.2) is 108 Å². The molecule has 2 aromatic heterocycles. The minimum absolute atomic E-state index is 0.0250. The summed E-state index contributed by atoms with van der Waals surface area (Å²) in [5, 5.41) is 2.13. The Morgan fingerprint density at radius 2 is 1.68 bits per heavy atom. The molecule has 2 bridgehead atoms. The topological polar surface area (TPSA) is 102 Å². The largest absolute Gasteiger partial charge is 0.468 e. The summed E-state index contributed by atoms with van der Waals surface area (Å²) in [4.78, 5) is 35.1. The summed E-state index contributed by atoms with van der Waals surface area (Å²) < 4.78 is 41.9. The highest BCUT2D eigenvalue weighted by Crippen LogP contribution is 2.59. The summed E-state index contributed by atoms with van der Waals surface area (Å²) in [6.45, 7) is 26.2. The van der Waals surface area contributed by atoms with E-state index in [1.165, 1.54) is 18.4 Å². The molecular weight excluding hydrogens is 836 g/mol. The normalized spacial score (nSPS) is 22.7. The van der Waals surface area contributed by atoms with Crippen LogP contribution in [0.1, 0.15) is 113 Å². The zero-order valence-electron chi connectivity index (χ0n) is 40.1. The van der Waals surface area contributed by atoms with Gasteiger partial charge in [0, 0.05) is 55.0 Å². The highest BCUT2D eigenvalue weighted by Gasteiger charge is 2.63. The van der Waals surface area contributed by atoms with Gasteiger partial charge in [-0.05, 0) is 106 Å². The summed E-state index contributed by atoms with van der Waals surface area (Å²) in [6.07, 6.45) is 8.49. The maximum absolute atomic E-state index is 18.0. The van der Waals surface area contributed by atoms with Crippen molar-refractivity contribution in [3.63, 3.8) is 0 Å². The van der Waals surface area contributed by atoms with Gasteiger partial charge in [-0.25, -0.2) is 9.18 Å². The van der Waals surface area contributed by atoms with Crippen molar-refractivity contribution in [3.8, 4) is 34.5 Å². The van der Waals surface area contributed by atoms with E-state index in [4.69, 9.17) is 33.9 Å². The second-order valence-electron chi connectivity index (χ2n) is 21.5. The predicted octanol–water partition coefficient (Wildman–Crippen LogP) is 10.8. The molecule has 3 unspecified atom stereocenters. The van der Waals surface area contributed by atoms with Crippen molar-refractivity contribution in [2.24, 2.45) is 0 Å². The quantitative estimate of drug-likeness (QED) is 0.0626. The number of methoxy groups -OCH3 is 1. The molecule has 1 aliphatic carbocycles. The number of rotatable bonds is 11. The third kappa shape index (κ3) is 8.05. The standard InChI is InChI=1S/C52H67FN6O5Si/c1-32(2)65(33(3)4,34(5)6)22-17-36-13-12-14-37-23-40(63-31-61-11)24-41(43(36)37)45-44(53)46-42(26-54-45)47(57-28-38-15-16-39(29-57)59(38)49(60)64-50(8,9)10)56-48(55-46)62-30-52-21-20-51(18-19-51)58(52)27-35(7)25-52/h12-14,23-24,26,32-34,38-39H,7,15-16,18-21,25,27-31H2,1-6,8-11H3. The maximum atomic E-state index is 18.0. The Morgan fingerprint density at radius 1 is 0.985 bits per heavy atom. The van der Waals surface area contributed by atoms with Crippen LogP contribution < -0.4 is 14.4 Å². The van der Waals surface area contributed by atoms with Gasteiger partial charge in [-0.2, -0.15) is 9.97 Å². The molecule has 1 spiro atoms. The van der Waals surface area contributed by atoms with E-state index in [1.807, 2.05) is 56.0 Å². The van der Waals surface area contributed by atoms with Crippen molar-refractivity contribution in [1.82, 2.24) is 24.8 Å². The molecular formula is C52H67FN6O5Si. The number of carbonyl (C=O) groups excluding carboxylic acids is 1. The first kappa shape index (κ1) is 45.4. The number of nitrogens with zero attached hydrogens (tertiary/aromatic N) is 6. The van der Waals surface area contributed by atoms with Gasteiger partial charge in [-0.1, -0.05) is 71.7 Å². The summed E-state index contributed by atoms with van der Waals surface area (Å²) in [7, 11) is -0.551. The van der Waals surface area contributed by atoms with Gasteiger partial charge in [0.15, 0.2) is 12.6 Å². The van der Waals surface area contributed by atoms with E-state index >= 15 is 4.39 Å². The molecule has 1 amide bonds. The monoisotopic (exact) mass is 902 g/mol. The lowest BCUT2D eigenvalue weighted by molar-refractivity contribution is 0.0122. The fourth-order valence-electron chi connectivity index (χ4n) is 12.3. The molecule has 5 fully saturated rings. The number of hydrogen-bond acceptors (Lipinski definition) is 10. The number of pyridine rings is 1. The molecule has 65 heavy (non-hydrogen) atoms. The molecule has 2 aromatic carbocycles. The van der Waals surface area contributed by atoms with Gasteiger partial charge < -0.3 is 23.8 Å². The van der Waals surface area contributed by atoms with Crippen LogP contribution in [-0.2, 0) is 9.47 Å². The number of hydrogen-bond donors (Lipinski definition) is 0. The van der Waals surface area contributed by atoms with Crippen molar-refractivity contribution in [3.05, 3.63) is 60.1 Å². The number of aromatic nitrogens is 3. The Balaban J connectivity index is 1.18. The van der Waals surface area contributed by atoms with Gasteiger partial charge in [-0.3, -0.25) is 14.8 Å². The molecule has 0 N–H and O–H groups in total. The van der Waals surface area contributed by atoms with E-state index in [9.17, 15) is 4.79 Å². The number of ether oxygens (including phenoxy) is 4. The molecule has 3 atom stereocenters. The fraction of sp³-hybridized carbons (Fsp3) is 0.577. The van der Waals surface area contributed by atoms with Crippen molar-refractivity contribution in [2.75, 3.05) is 45.0 Å². The van der Waals surface area contributed by atoms with Crippen molar-refractivity contribution in [1.29, 1.82) is 0 Å². The van der Waals surface area contributed by atoms with Crippen LogP contribution >= 0.6 is 0 Å². The molecule has 6 heterocycles. The number of anilines is 1. The van der Waals surface area contributed by atoms with Gasteiger partial charge in [0.2, 0.25) is 0 Å². The SMILES string of the molecule is C=C1CN2C3(CC3)CCC2(COc2nc(N3CC4CCC(C3)N4C(=O)OC(C)(C)C)c3cnc(-c4cc(OCOC)cc5cccc(C#C[Si](C(C)C)(C(C)C)C(C)C)c45)c(F)c3n2)C1. The van der Waals surface area contributed by atoms with Gasteiger partial charge in [0.1, 0.15) is 43.1 Å². The maximum Gasteiger partial charge on any atom is 0.410 e. The summed E-state index contributed by atoms with van der Waals surface area (Å²) >= 11 is 0. The molecule has 4 aliphatic heterocycles. The molecule has 346 valence electrons. The molecule has 11 nitrogen and oxygen atoms in total. The first-order valence-corrected chi connectivity index (χ1v) is 26.0. The zero-order valence-corrected chi connectivity index (χ0v) is 41.1. The molecule has 1 saturated carbocycles. The summed E-state index contributed by atoms with van der Waals surface area (Å²) in [5.41, 5.74) is 7.51. The Bertz CT molecular complexity index is 2560. The number of amides is 1. The van der Waals surface area contributed by atoms with Crippen LogP contribution in [0.3, 0.4) is 0 Å². The van der Waals surface area contributed by atoms with Gasteiger partial charge >= 0.3 is 12.1 Å². The number of benzene rings is 2. The number of piperazine rings is 1. The zero-order chi connectivity index (χ0) is 46.2. The minimum atomic E-state index is -2.13. The van der Waals surface area contributed by atoms with E-state index in [0.29, 0.717) is 58.8 Å². The molecule has 13 heteroatoms. The van der Waals surface area contributed by atoms with Crippen LogP contribution in [0.2, 0.25) is 16.6 Å². The molecule has 4 saturated heterocycles. The Kier molecular flexibility index (Phi) is 11.8. The highest BCUT2D eigenvalue weighted by molar-refractivity contribution is 6.90. The fourth-order valence-corrected chi connectivity index (χ4v) is 17.5. The van der Waals surface area contributed by atoms with Crippen LogP contribution in [0.25, 0.3) is 32.9 Å². The van der Waals surface area contributed by atoms with Crippen molar-refractivity contribution in [2.45, 2.75) is 153 Å². The summed E-state index contributed by atoms with van der Waals surface area (Å²) in [6, 6.07) is 9.76. The van der Waals surface area contributed by atoms with Gasteiger partial charge in [-0.15, -0.1) is 5.54 Å². The van der Waals surface area contributed by atoms with Crippen LogP contribution in [0.15, 0.2) is 48.7 Å². The Hall–Kier alpha value is -4.77. The number of carbonyl (C=O) groups is 1. The number of fused-ring (bicyclic) bond motifs is 6. The predicted molar refractivity (Wildman–Crippen MR) is 258 cm³/mol. The van der Waals surface area contributed by atoms with Crippen LogP contribution in [0.4, 0.5) is 15.0 Å². The first-order valence-electron chi connectivity index (χ1n) is 23.8. The minimum Gasteiger partial charge on any atom is -0.468 e. The Morgan fingerprint density at radius 3 is 2.32 bits per heavy atom. The average Bonchev–Trinajstić information content (AvgIpc) is 3.79. The third-order valence-corrected chi connectivity index (χ3v) is 21.6. The van der Waals surface area contributed by atoms with E-state index < -0.39 is 19.5 Å². The Labute approximate surface area is 385 Å². The first-order chi connectivity index (χ1) is 30.9. The van der Waals surface area contributed by atoms with Gasteiger partial charge in [0.05, 0.1) is 23.0 Å². The number of halogens is 1. The lowest BCUT2D eigenvalue weighted by atomic mass is 9.94. The van der Waals surface area contributed by atoms with E-state index in [-0.39, 0.29) is 53.3 Å². The molecule has 5 aliphatic rings. The van der Waals surface area contributed by atoms with Gasteiger partial charge in [0.25, 0.3) is 0 Å². The third-order valence-electron chi connectivity index (χ3n) is 15.3. The average molecular weight is 903 g/mol. The molecule has 9 rings (SSSR count). The van der Waals surface area contributed by atoms with Crippen LogP contribution in [0, 0.1) is 17.3 Å². The smallest absolute Gasteiger partial charge is 0.410 e. The van der Waals surface area contributed by atoms with Crippen LogP contribution in [0.5, 0.6) is 11.8 Å². The second-order valence-corrected chi connectivity index (χ2v) is 27.1. The van der Waals surface area contributed by atoms with Crippen molar-refractivity contribution >= 4 is 41.7 Å². The van der Waals surface area contributed by atoms with E-state index in [2.05, 4.69) is 69.4 Å². The molecule has 4 aromatic rings. The summed E-state index contributed by atoms with van der Waals surface area (Å²) in [5.74, 6) is 4.16. The lowest BCUT2D eigenvalue weighted by Gasteiger charge is -2.42. The van der Waals surface area contributed by atoms with E-state index in [0.717, 1.165) is 55.0 Å². The molecule has 0 radical (unpaired) electrons. The lowest BCUT2D eigenvalue weighted by Crippen LogP contribution is -2.57. The second kappa shape index (κ2) is 16.8.